The molecule has 1 heterocycles. The van der Waals surface area contributed by atoms with Crippen molar-refractivity contribution in [1.82, 2.24) is 10.2 Å². The molecular weight excluding hydrogens is 168 g/mol. The summed E-state index contributed by atoms with van der Waals surface area (Å²) in [7, 11) is 0. The van der Waals surface area contributed by atoms with E-state index in [0.717, 1.165) is 24.1 Å². The number of rotatable bonds is 3. The highest BCUT2D eigenvalue weighted by atomic mass is 16.4. The van der Waals surface area contributed by atoms with E-state index in [9.17, 15) is 4.79 Å². The maximum atomic E-state index is 10.4. The van der Waals surface area contributed by atoms with Crippen LogP contribution < -0.4 is 0 Å². The number of carboxylic acids is 1. The fourth-order valence-corrected chi connectivity index (χ4v) is 1.28. The molecular formula is C9H10N2O2. The highest BCUT2D eigenvalue weighted by Gasteiger charge is 2.25. The van der Waals surface area contributed by atoms with Crippen molar-refractivity contribution in [1.29, 1.82) is 0 Å². The zero-order valence-electron chi connectivity index (χ0n) is 7.10. The lowest BCUT2D eigenvalue weighted by Gasteiger charge is -1.98. The Morgan fingerprint density at radius 3 is 3.00 bits per heavy atom. The minimum atomic E-state index is -0.824. The lowest BCUT2D eigenvalue weighted by molar-refractivity contribution is -0.136. The Balaban J connectivity index is 2.16. The van der Waals surface area contributed by atoms with Crippen LogP contribution in [-0.2, 0) is 11.2 Å². The third kappa shape index (κ3) is 2.02. The van der Waals surface area contributed by atoms with Gasteiger partial charge in [-0.3, -0.25) is 4.79 Å². The van der Waals surface area contributed by atoms with Gasteiger partial charge in [-0.15, -0.1) is 0 Å². The van der Waals surface area contributed by atoms with E-state index in [4.69, 9.17) is 5.11 Å². The maximum absolute atomic E-state index is 10.4. The molecule has 0 unspecified atom stereocenters. The van der Waals surface area contributed by atoms with Crippen LogP contribution in [-0.4, -0.2) is 21.3 Å². The molecule has 0 atom stereocenters. The summed E-state index contributed by atoms with van der Waals surface area (Å²) in [6.45, 7) is 0. The largest absolute Gasteiger partial charge is 0.481 e. The van der Waals surface area contributed by atoms with Gasteiger partial charge in [0.05, 0.1) is 18.3 Å². The standard InChI is InChI=1S/C9H10N2O2/c12-9(13)4-6-3-8(7-1-2-7)11-10-5-6/h3,5,7H,1-2,4H2,(H,12,13). The van der Waals surface area contributed by atoms with E-state index < -0.39 is 5.97 Å². The first-order valence-electron chi connectivity index (χ1n) is 4.29. The first-order chi connectivity index (χ1) is 6.25. The van der Waals surface area contributed by atoms with E-state index in [1.54, 1.807) is 0 Å². The van der Waals surface area contributed by atoms with Gasteiger partial charge in [-0.05, 0) is 24.5 Å². The Hall–Kier alpha value is -1.45. The van der Waals surface area contributed by atoms with Gasteiger partial charge in [-0.25, -0.2) is 0 Å². The van der Waals surface area contributed by atoms with Crippen LogP contribution in [0.25, 0.3) is 0 Å². The van der Waals surface area contributed by atoms with Crippen molar-refractivity contribution < 1.29 is 9.90 Å². The highest BCUT2D eigenvalue weighted by molar-refractivity contribution is 5.70. The van der Waals surface area contributed by atoms with Crippen molar-refractivity contribution in [2.24, 2.45) is 0 Å². The normalized spacial score (nSPS) is 15.7. The molecule has 1 aromatic rings. The molecule has 68 valence electrons. The lowest BCUT2D eigenvalue weighted by atomic mass is 10.1. The Kier molecular flexibility index (Phi) is 1.96. The quantitative estimate of drug-likeness (QED) is 0.749. The van der Waals surface area contributed by atoms with Gasteiger partial charge in [0.2, 0.25) is 0 Å². The van der Waals surface area contributed by atoms with Crippen LogP contribution in [0.2, 0.25) is 0 Å². The summed E-state index contributed by atoms with van der Waals surface area (Å²) in [6.07, 6.45) is 3.87. The van der Waals surface area contributed by atoms with Crippen LogP contribution >= 0.6 is 0 Å². The van der Waals surface area contributed by atoms with Gasteiger partial charge in [-0.1, -0.05) is 0 Å². The summed E-state index contributed by atoms with van der Waals surface area (Å²) in [4.78, 5) is 10.4. The Morgan fingerprint density at radius 1 is 1.62 bits per heavy atom. The molecule has 1 aromatic heterocycles. The number of hydrogen-bond donors (Lipinski definition) is 1. The molecule has 0 spiro atoms. The zero-order valence-corrected chi connectivity index (χ0v) is 7.10. The average Bonchev–Trinajstić information content (AvgIpc) is 2.85. The van der Waals surface area contributed by atoms with Crippen LogP contribution in [0, 0.1) is 0 Å². The summed E-state index contributed by atoms with van der Waals surface area (Å²) in [5.41, 5.74) is 1.68. The van der Waals surface area contributed by atoms with Gasteiger partial charge in [0, 0.05) is 5.92 Å². The van der Waals surface area contributed by atoms with Crippen molar-refractivity contribution in [3.8, 4) is 0 Å². The van der Waals surface area contributed by atoms with E-state index in [1.807, 2.05) is 6.07 Å². The monoisotopic (exact) mass is 178 g/mol. The smallest absolute Gasteiger partial charge is 0.307 e. The minimum absolute atomic E-state index is 0.0369. The van der Waals surface area contributed by atoms with Gasteiger partial charge >= 0.3 is 5.97 Å². The summed E-state index contributed by atoms with van der Waals surface area (Å²) in [6, 6.07) is 1.85. The SMILES string of the molecule is O=C(O)Cc1cnnc(C2CC2)c1. The lowest BCUT2D eigenvalue weighted by Crippen LogP contribution is -2.02. The van der Waals surface area contributed by atoms with Crippen molar-refractivity contribution in [2.75, 3.05) is 0 Å². The molecule has 2 rings (SSSR count). The highest BCUT2D eigenvalue weighted by Crippen LogP contribution is 2.38. The summed E-state index contributed by atoms with van der Waals surface area (Å²) < 4.78 is 0. The molecule has 0 radical (unpaired) electrons. The van der Waals surface area contributed by atoms with E-state index in [-0.39, 0.29) is 6.42 Å². The van der Waals surface area contributed by atoms with Crippen molar-refractivity contribution in [3.05, 3.63) is 23.5 Å². The molecule has 1 aliphatic rings. The number of aliphatic carboxylic acids is 1. The molecule has 4 nitrogen and oxygen atoms in total. The first kappa shape index (κ1) is 8.16. The predicted molar refractivity (Wildman–Crippen MR) is 45.3 cm³/mol. The molecule has 1 saturated carbocycles. The number of aromatic nitrogens is 2. The molecule has 1 fully saturated rings. The molecule has 0 amide bonds. The zero-order chi connectivity index (χ0) is 9.26. The summed E-state index contributed by atoms with van der Waals surface area (Å²) in [5.74, 6) is -0.295. The second kappa shape index (κ2) is 3.12. The van der Waals surface area contributed by atoms with E-state index >= 15 is 0 Å². The van der Waals surface area contributed by atoms with Crippen LogP contribution in [0.3, 0.4) is 0 Å². The van der Waals surface area contributed by atoms with Gasteiger partial charge in [-0.2, -0.15) is 10.2 Å². The van der Waals surface area contributed by atoms with Crippen LogP contribution in [0.15, 0.2) is 12.3 Å². The van der Waals surface area contributed by atoms with Gasteiger partial charge in [0.1, 0.15) is 0 Å². The minimum Gasteiger partial charge on any atom is -0.481 e. The number of carbonyl (C=O) groups is 1. The number of hydrogen-bond acceptors (Lipinski definition) is 3. The van der Waals surface area contributed by atoms with E-state index in [2.05, 4.69) is 10.2 Å². The van der Waals surface area contributed by atoms with E-state index in [1.165, 1.54) is 6.20 Å². The third-order valence-corrected chi connectivity index (χ3v) is 2.08. The molecule has 0 bridgehead atoms. The van der Waals surface area contributed by atoms with Gasteiger partial charge < -0.3 is 5.11 Å². The van der Waals surface area contributed by atoms with Crippen LogP contribution in [0.4, 0.5) is 0 Å². The first-order valence-corrected chi connectivity index (χ1v) is 4.29. The fourth-order valence-electron chi connectivity index (χ4n) is 1.28. The fraction of sp³-hybridized carbons (Fsp3) is 0.444. The Labute approximate surface area is 75.6 Å². The molecule has 0 saturated heterocycles. The second-order valence-corrected chi connectivity index (χ2v) is 3.33. The number of carboxylic acid groups (broad SMARTS) is 1. The molecule has 13 heavy (non-hydrogen) atoms. The second-order valence-electron chi connectivity index (χ2n) is 3.33. The van der Waals surface area contributed by atoms with Crippen LogP contribution in [0.1, 0.15) is 30.0 Å². The van der Waals surface area contributed by atoms with Crippen LogP contribution in [0.5, 0.6) is 0 Å². The molecule has 1 aliphatic carbocycles. The summed E-state index contributed by atoms with van der Waals surface area (Å²) in [5, 5.41) is 16.3. The Bertz CT molecular complexity index is 334. The van der Waals surface area contributed by atoms with Gasteiger partial charge in [0.15, 0.2) is 0 Å². The molecule has 1 N–H and O–H groups in total. The van der Waals surface area contributed by atoms with Gasteiger partial charge in [0.25, 0.3) is 0 Å². The maximum Gasteiger partial charge on any atom is 0.307 e. The average molecular weight is 178 g/mol. The Morgan fingerprint density at radius 2 is 2.38 bits per heavy atom. The van der Waals surface area contributed by atoms with Crippen molar-refractivity contribution >= 4 is 5.97 Å². The van der Waals surface area contributed by atoms with E-state index in [0.29, 0.717) is 5.92 Å². The molecule has 4 heteroatoms. The molecule has 0 aromatic carbocycles. The van der Waals surface area contributed by atoms with Crippen molar-refractivity contribution in [3.63, 3.8) is 0 Å². The summed E-state index contributed by atoms with van der Waals surface area (Å²) >= 11 is 0. The molecule has 0 aliphatic heterocycles. The topological polar surface area (TPSA) is 63.1 Å². The number of nitrogens with zero attached hydrogens (tertiary/aromatic N) is 2. The van der Waals surface area contributed by atoms with Crippen molar-refractivity contribution in [2.45, 2.75) is 25.2 Å². The predicted octanol–water partition coefficient (Wildman–Crippen LogP) is 0.981. The third-order valence-electron chi connectivity index (χ3n) is 2.08.